The predicted octanol–water partition coefficient (Wildman–Crippen LogP) is 1.51. The number of benzene rings is 1. The van der Waals surface area contributed by atoms with E-state index in [1.807, 2.05) is 0 Å². The van der Waals surface area contributed by atoms with Gasteiger partial charge in [0.2, 0.25) is 10.0 Å². The Balaban J connectivity index is 1.65. The molecule has 0 aliphatic carbocycles. The molecule has 2 aliphatic rings. The third-order valence-electron chi connectivity index (χ3n) is 5.65. The second-order valence-electron chi connectivity index (χ2n) is 7.43. The monoisotopic (exact) mass is 451 g/mol. The van der Waals surface area contributed by atoms with Gasteiger partial charge in [-0.1, -0.05) is 0 Å². The Morgan fingerprint density at radius 1 is 1.17 bits per heavy atom. The molecule has 3 N–H and O–H groups in total. The van der Waals surface area contributed by atoms with E-state index in [2.05, 4.69) is 5.32 Å². The van der Waals surface area contributed by atoms with Crippen LogP contribution < -0.4 is 15.5 Å². The molecule has 0 saturated carbocycles. The summed E-state index contributed by atoms with van der Waals surface area (Å²) in [6, 6.07) is 4.34. The van der Waals surface area contributed by atoms with Crippen LogP contribution in [0.4, 0.5) is 13.2 Å². The summed E-state index contributed by atoms with van der Waals surface area (Å²) in [5, 5.41) is 12.1. The topological polar surface area (TPSA) is 108 Å². The van der Waals surface area contributed by atoms with E-state index < -0.39 is 32.4 Å². The average molecular weight is 451 g/mol. The molecule has 0 radical (unpaired) electrons. The molecule has 0 unspecified atom stereocenters. The summed E-state index contributed by atoms with van der Waals surface area (Å²) in [5.74, 6) is -0.661. The van der Waals surface area contributed by atoms with Gasteiger partial charge in [-0.25, -0.2) is 18.2 Å². The molecule has 0 aromatic heterocycles. The van der Waals surface area contributed by atoms with Crippen molar-refractivity contribution in [2.24, 2.45) is 0 Å². The third-order valence-corrected chi connectivity index (χ3v) is 8.27. The van der Waals surface area contributed by atoms with E-state index in [-0.39, 0.29) is 37.8 Å². The number of hydrogen-bond acceptors (Lipinski definition) is 6. The van der Waals surface area contributed by atoms with E-state index in [4.69, 9.17) is 9.94 Å². The lowest BCUT2D eigenvalue weighted by atomic mass is 9.96. The van der Waals surface area contributed by atoms with Crippen LogP contribution in [0.25, 0.3) is 0 Å². The van der Waals surface area contributed by atoms with E-state index in [1.54, 1.807) is 0 Å². The first-order valence-corrected chi connectivity index (χ1v) is 11.0. The minimum absolute atomic E-state index is 0.0453. The quantitative estimate of drug-likeness (QED) is 0.463. The van der Waals surface area contributed by atoms with Crippen LogP contribution >= 0.6 is 0 Å². The molecule has 1 aromatic rings. The molecule has 2 heterocycles. The number of rotatable bonds is 5. The molecule has 1 aromatic carbocycles. The minimum atomic E-state index is -4.43. The fourth-order valence-electron chi connectivity index (χ4n) is 3.89. The van der Waals surface area contributed by atoms with E-state index in [0.717, 1.165) is 12.1 Å². The number of nitrogens with one attached hydrogen (secondary N) is 2. The van der Waals surface area contributed by atoms with Crippen molar-refractivity contribution in [2.45, 2.75) is 42.7 Å². The molecular weight excluding hydrogens is 427 g/mol. The molecule has 30 heavy (non-hydrogen) atoms. The fourth-order valence-corrected chi connectivity index (χ4v) is 6.07. The Hall–Kier alpha value is -1.89. The van der Waals surface area contributed by atoms with Gasteiger partial charge in [-0.05, 0) is 63.0 Å². The van der Waals surface area contributed by atoms with E-state index in [1.165, 1.54) is 21.9 Å². The first kappa shape index (κ1) is 22.8. The van der Waals surface area contributed by atoms with Crippen molar-refractivity contribution in [1.82, 2.24) is 15.1 Å². The number of carbonyl (C=O) groups is 1. The number of alkyl halides is 3. The zero-order valence-electron chi connectivity index (χ0n) is 16.1. The zero-order valence-corrected chi connectivity index (χ0v) is 16.9. The van der Waals surface area contributed by atoms with Crippen molar-refractivity contribution in [3.05, 3.63) is 29.8 Å². The molecular formula is C18H24F3N3O5S. The maximum absolute atomic E-state index is 13.2. The van der Waals surface area contributed by atoms with Gasteiger partial charge in [-0.2, -0.15) is 13.2 Å². The summed E-state index contributed by atoms with van der Waals surface area (Å²) >= 11 is 0. The van der Waals surface area contributed by atoms with Crippen molar-refractivity contribution >= 4 is 15.9 Å². The smallest absolute Gasteiger partial charge is 0.416 e. The highest BCUT2D eigenvalue weighted by Gasteiger charge is 2.54. The normalized spacial score (nSPS) is 21.2. The predicted molar refractivity (Wildman–Crippen MR) is 100 cm³/mol. The summed E-state index contributed by atoms with van der Waals surface area (Å²) in [4.78, 5) is 12.3. The molecule has 2 saturated heterocycles. The zero-order chi connectivity index (χ0) is 22.0. The van der Waals surface area contributed by atoms with Crippen molar-refractivity contribution in [3.8, 4) is 5.75 Å². The Kier molecular flexibility index (Phi) is 6.60. The molecule has 0 atom stereocenters. The van der Waals surface area contributed by atoms with Crippen LogP contribution in [-0.2, 0) is 21.0 Å². The Bertz CT molecular complexity index is 847. The van der Waals surface area contributed by atoms with Crippen molar-refractivity contribution in [1.29, 1.82) is 0 Å². The number of carbonyl (C=O) groups excluding carboxylic acids is 1. The second kappa shape index (κ2) is 8.69. The lowest BCUT2D eigenvalue weighted by Crippen LogP contribution is -2.62. The SMILES string of the molecule is O=C(NO)C1(S(=O)(=O)N2CCC(Oc3ccc(C(F)(F)F)cc3)CC2)CCNCC1. The summed E-state index contributed by atoms with van der Waals surface area (Å²) in [5.41, 5.74) is 0.727. The number of amides is 1. The number of ether oxygens (including phenoxy) is 1. The van der Waals surface area contributed by atoms with Gasteiger partial charge in [0.15, 0.2) is 4.75 Å². The van der Waals surface area contributed by atoms with E-state index in [9.17, 15) is 26.4 Å². The molecule has 8 nitrogen and oxygen atoms in total. The number of hydroxylamine groups is 1. The van der Waals surface area contributed by atoms with Crippen molar-refractivity contribution in [2.75, 3.05) is 26.2 Å². The molecule has 168 valence electrons. The van der Waals surface area contributed by atoms with Crippen LogP contribution in [0.5, 0.6) is 5.75 Å². The maximum atomic E-state index is 13.2. The number of hydrogen-bond donors (Lipinski definition) is 3. The van der Waals surface area contributed by atoms with Gasteiger partial charge < -0.3 is 10.1 Å². The van der Waals surface area contributed by atoms with Crippen LogP contribution in [0.15, 0.2) is 24.3 Å². The molecule has 0 bridgehead atoms. The van der Waals surface area contributed by atoms with Gasteiger partial charge >= 0.3 is 6.18 Å². The number of nitrogens with zero attached hydrogens (tertiary/aromatic N) is 1. The fraction of sp³-hybridized carbons (Fsp3) is 0.611. The van der Waals surface area contributed by atoms with Gasteiger partial charge in [0.1, 0.15) is 11.9 Å². The molecule has 2 fully saturated rings. The molecule has 3 rings (SSSR count). The van der Waals surface area contributed by atoms with Crippen molar-refractivity contribution < 1.29 is 36.3 Å². The highest BCUT2D eigenvalue weighted by atomic mass is 32.2. The van der Waals surface area contributed by atoms with Crippen LogP contribution in [0.1, 0.15) is 31.2 Å². The summed E-state index contributed by atoms with van der Waals surface area (Å²) < 4.78 is 69.6. The van der Waals surface area contributed by atoms with Gasteiger partial charge in [-0.15, -0.1) is 0 Å². The molecule has 2 aliphatic heterocycles. The van der Waals surface area contributed by atoms with Crippen LogP contribution in [-0.4, -0.2) is 60.9 Å². The third kappa shape index (κ3) is 4.41. The van der Waals surface area contributed by atoms with Crippen molar-refractivity contribution in [3.63, 3.8) is 0 Å². The van der Waals surface area contributed by atoms with Gasteiger partial charge in [-0.3, -0.25) is 10.0 Å². The maximum Gasteiger partial charge on any atom is 0.416 e. The second-order valence-corrected chi connectivity index (χ2v) is 9.68. The molecule has 1 amide bonds. The first-order valence-electron chi connectivity index (χ1n) is 9.59. The van der Waals surface area contributed by atoms with E-state index in [0.29, 0.717) is 25.9 Å². The number of halogens is 3. The average Bonchev–Trinajstić information content (AvgIpc) is 2.73. The van der Waals surface area contributed by atoms with Crippen LogP contribution in [0.3, 0.4) is 0 Å². The summed E-state index contributed by atoms with van der Waals surface area (Å²) in [7, 11) is -4.04. The van der Waals surface area contributed by atoms with Gasteiger partial charge in [0.25, 0.3) is 5.91 Å². The lowest BCUT2D eigenvalue weighted by Gasteiger charge is -2.40. The molecule has 0 spiro atoms. The van der Waals surface area contributed by atoms with Gasteiger partial charge in [0, 0.05) is 13.1 Å². The van der Waals surface area contributed by atoms with Crippen LogP contribution in [0.2, 0.25) is 0 Å². The van der Waals surface area contributed by atoms with Crippen LogP contribution in [0, 0.1) is 0 Å². The molecule has 12 heteroatoms. The number of piperidine rings is 2. The first-order chi connectivity index (χ1) is 14.1. The Morgan fingerprint density at radius 3 is 2.23 bits per heavy atom. The van der Waals surface area contributed by atoms with Gasteiger partial charge in [0.05, 0.1) is 5.56 Å². The standard InChI is InChI=1S/C18H24F3N3O5S/c19-18(20,21)13-1-3-14(4-2-13)29-15-5-11-24(12-6-15)30(27,28)17(16(25)23-26)7-9-22-10-8-17/h1-4,15,22,26H,5-12H2,(H,23,25). The summed E-state index contributed by atoms with van der Waals surface area (Å²) in [6.07, 6.45) is -4.04. The number of sulfonamides is 1. The largest absolute Gasteiger partial charge is 0.490 e. The minimum Gasteiger partial charge on any atom is -0.490 e. The highest BCUT2D eigenvalue weighted by molar-refractivity contribution is 7.91. The Morgan fingerprint density at radius 2 is 1.73 bits per heavy atom. The Labute approximate surface area is 172 Å². The van der Waals surface area contributed by atoms with E-state index >= 15 is 0 Å². The highest BCUT2D eigenvalue weighted by Crippen LogP contribution is 2.34. The summed E-state index contributed by atoms with van der Waals surface area (Å²) in [6.45, 7) is 0.892. The lowest BCUT2D eigenvalue weighted by molar-refractivity contribution is -0.137.